The number of aromatic nitrogens is 1. The van der Waals surface area contributed by atoms with Gasteiger partial charge in [-0.1, -0.05) is 27.3 Å². The number of carbonyl (C=O) groups is 1. The van der Waals surface area contributed by atoms with Gasteiger partial charge in [0.2, 0.25) is 5.91 Å². The highest BCUT2D eigenvalue weighted by Gasteiger charge is 2.19. The van der Waals surface area contributed by atoms with Crippen LogP contribution >= 0.6 is 51.4 Å². The Labute approximate surface area is 199 Å². The Morgan fingerprint density at radius 1 is 1.17 bits per heavy atom. The third-order valence-corrected chi connectivity index (χ3v) is 6.89. The van der Waals surface area contributed by atoms with Gasteiger partial charge >= 0.3 is 0 Å². The van der Waals surface area contributed by atoms with Gasteiger partial charge in [-0.3, -0.25) is 9.69 Å². The van der Waals surface area contributed by atoms with Gasteiger partial charge in [0.1, 0.15) is 5.82 Å². The van der Waals surface area contributed by atoms with E-state index >= 15 is 0 Å². The zero-order valence-corrected chi connectivity index (χ0v) is 20.8. The Hall–Kier alpha value is -1.19. The minimum Gasteiger partial charge on any atom is -0.308 e. The van der Waals surface area contributed by atoms with E-state index in [-0.39, 0.29) is 24.1 Å². The second-order valence-corrected chi connectivity index (χ2v) is 9.96. The fourth-order valence-corrected chi connectivity index (χ4v) is 5.12. The molecule has 0 aliphatic heterocycles. The van der Waals surface area contributed by atoms with Crippen LogP contribution in [0.25, 0.3) is 10.2 Å². The van der Waals surface area contributed by atoms with Crippen LogP contribution in [0.3, 0.4) is 0 Å². The van der Waals surface area contributed by atoms with E-state index in [1.54, 1.807) is 40.1 Å². The van der Waals surface area contributed by atoms with Gasteiger partial charge in [0, 0.05) is 28.9 Å². The van der Waals surface area contributed by atoms with Crippen LogP contribution in [0.2, 0.25) is 0 Å². The van der Waals surface area contributed by atoms with Crippen molar-refractivity contribution >= 4 is 72.7 Å². The molecule has 0 saturated carbocycles. The summed E-state index contributed by atoms with van der Waals surface area (Å²) in [7, 11) is 3.99. The first-order valence-electron chi connectivity index (χ1n) is 9.32. The van der Waals surface area contributed by atoms with E-state index in [0.717, 1.165) is 43.4 Å². The molecule has 0 radical (unpaired) electrons. The number of benzene rings is 2. The van der Waals surface area contributed by atoms with Crippen molar-refractivity contribution < 1.29 is 9.18 Å². The molecular weight excluding hydrogens is 509 g/mol. The second-order valence-electron chi connectivity index (χ2n) is 6.86. The lowest BCUT2D eigenvalue weighted by Gasteiger charge is -2.22. The van der Waals surface area contributed by atoms with Crippen LogP contribution < -0.4 is 4.90 Å². The van der Waals surface area contributed by atoms with Crippen LogP contribution in [0.5, 0.6) is 0 Å². The van der Waals surface area contributed by atoms with E-state index in [1.807, 2.05) is 32.3 Å². The number of anilines is 1. The summed E-state index contributed by atoms with van der Waals surface area (Å²) < 4.78 is 15.1. The van der Waals surface area contributed by atoms with Crippen LogP contribution in [0, 0.1) is 5.82 Å². The summed E-state index contributed by atoms with van der Waals surface area (Å²) in [4.78, 5) is 22.5. The van der Waals surface area contributed by atoms with Crippen molar-refractivity contribution in [1.82, 2.24) is 9.88 Å². The van der Waals surface area contributed by atoms with Crippen molar-refractivity contribution in [2.75, 3.05) is 37.8 Å². The van der Waals surface area contributed by atoms with Crippen LogP contribution in [-0.4, -0.2) is 48.7 Å². The molecule has 0 saturated heterocycles. The van der Waals surface area contributed by atoms with Crippen LogP contribution in [-0.2, 0) is 4.79 Å². The highest BCUT2D eigenvalue weighted by Crippen LogP contribution is 2.31. The van der Waals surface area contributed by atoms with E-state index in [4.69, 9.17) is 0 Å². The molecule has 1 amide bonds. The summed E-state index contributed by atoms with van der Waals surface area (Å²) >= 11 is 6.67. The molecule has 1 heterocycles. The predicted molar refractivity (Wildman–Crippen MR) is 132 cm³/mol. The largest absolute Gasteiger partial charge is 0.308 e. The van der Waals surface area contributed by atoms with Crippen LogP contribution in [0.15, 0.2) is 51.8 Å². The zero-order valence-electron chi connectivity index (χ0n) is 16.8. The standard InChI is InChI=1S/C21H23BrFN3OS2.ClH/c1-25(2)11-12-26(21-24-18-10-5-15(22)14-19(18)29-21)20(27)4-3-13-28-17-8-6-16(23)7-9-17;/h5-10,14H,3-4,11-13H2,1-2H3;1H. The molecule has 2 aromatic carbocycles. The number of thiazole rings is 1. The highest BCUT2D eigenvalue weighted by molar-refractivity contribution is 9.10. The first-order valence-corrected chi connectivity index (χ1v) is 11.9. The number of hydrogen-bond donors (Lipinski definition) is 0. The van der Waals surface area contributed by atoms with Crippen molar-refractivity contribution in [2.24, 2.45) is 0 Å². The fraction of sp³-hybridized carbons (Fsp3) is 0.333. The zero-order chi connectivity index (χ0) is 20.8. The van der Waals surface area contributed by atoms with Crippen LogP contribution in [0.1, 0.15) is 12.8 Å². The molecule has 0 fully saturated rings. The minimum absolute atomic E-state index is 0. The minimum atomic E-state index is -0.232. The number of nitrogens with zero attached hydrogens (tertiary/aromatic N) is 3. The molecule has 3 rings (SSSR count). The van der Waals surface area contributed by atoms with Crippen molar-refractivity contribution in [3.8, 4) is 0 Å². The van der Waals surface area contributed by atoms with Gasteiger partial charge in [0.25, 0.3) is 0 Å². The lowest BCUT2D eigenvalue weighted by molar-refractivity contribution is -0.118. The van der Waals surface area contributed by atoms with Crippen molar-refractivity contribution in [3.05, 3.63) is 52.8 Å². The predicted octanol–water partition coefficient (Wildman–Crippen LogP) is 6.09. The first kappa shape index (κ1) is 25.1. The summed E-state index contributed by atoms with van der Waals surface area (Å²) in [5.41, 5.74) is 0.905. The van der Waals surface area contributed by atoms with E-state index in [2.05, 4.69) is 25.8 Å². The lowest BCUT2D eigenvalue weighted by atomic mass is 10.3. The number of rotatable bonds is 9. The topological polar surface area (TPSA) is 36.4 Å². The molecular formula is C21H24BrClFN3OS2. The van der Waals surface area contributed by atoms with E-state index in [0.29, 0.717) is 13.0 Å². The number of hydrogen-bond acceptors (Lipinski definition) is 5. The number of amides is 1. The number of carbonyl (C=O) groups excluding carboxylic acids is 1. The maximum Gasteiger partial charge on any atom is 0.228 e. The van der Waals surface area contributed by atoms with Crippen molar-refractivity contribution in [3.63, 3.8) is 0 Å². The second kappa shape index (κ2) is 12.0. The maximum atomic E-state index is 13.0. The quantitative estimate of drug-likeness (QED) is 0.247. The molecule has 4 nitrogen and oxygen atoms in total. The summed E-state index contributed by atoms with van der Waals surface area (Å²) in [6.45, 7) is 1.38. The van der Waals surface area contributed by atoms with Gasteiger partial charge in [-0.2, -0.15) is 0 Å². The molecule has 9 heteroatoms. The molecule has 3 aromatic rings. The van der Waals surface area contributed by atoms with Crippen molar-refractivity contribution in [1.29, 1.82) is 0 Å². The average molecular weight is 533 g/mol. The molecule has 0 aliphatic carbocycles. The fourth-order valence-electron chi connectivity index (χ4n) is 2.71. The van der Waals surface area contributed by atoms with Gasteiger partial charge in [-0.25, -0.2) is 9.37 Å². The summed E-state index contributed by atoms with van der Waals surface area (Å²) in [6, 6.07) is 12.4. The molecule has 0 unspecified atom stereocenters. The normalized spacial score (nSPS) is 11.0. The number of halogens is 3. The smallest absolute Gasteiger partial charge is 0.228 e. The summed E-state index contributed by atoms with van der Waals surface area (Å²) in [5, 5.41) is 0.746. The monoisotopic (exact) mass is 531 g/mol. The maximum absolute atomic E-state index is 13.0. The number of thioether (sulfide) groups is 1. The molecule has 1 aromatic heterocycles. The van der Waals surface area contributed by atoms with Crippen molar-refractivity contribution in [2.45, 2.75) is 17.7 Å². The molecule has 162 valence electrons. The molecule has 0 aliphatic rings. The van der Waals surface area contributed by atoms with Gasteiger partial charge < -0.3 is 4.90 Å². The number of fused-ring (bicyclic) bond motifs is 1. The average Bonchev–Trinajstić information content (AvgIpc) is 3.09. The molecule has 0 atom stereocenters. The molecule has 0 N–H and O–H groups in total. The van der Waals surface area contributed by atoms with Crippen LogP contribution in [0.4, 0.5) is 9.52 Å². The number of likely N-dealkylation sites (N-methyl/N-ethyl adjacent to an activating group) is 1. The highest BCUT2D eigenvalue weighted by atomic mass is 79.9. The Bertz CT molecular complexity index is 969. The Morgan fingerprint density at radius 2 is 1.90 bits per heavy atom. The van der Waals surface area contributed by atoms with Gasteiger partial charge in [0.05, 0.1) is 10.2 Å². The van der Waals surface area contributed by atoms with Gasteiger partial charge in [0.15, 0.2) is 5.13 Å². The van der Waals surface area contributed by atoms with Gasteiger partial charge in [-0.15, -0.1) is 24.2 Å². The molecule has 30 heavy (non-hydrogen) atoms. The lowest BCUT2D eigenvalue weighted by Crippen LogP contribution is -2.36. The third-order valence-electron chi connectivity index (χ3n) is 4.26. The summed E-state index contributed by atoms with van der Waals surface area (Å²) in [5.74, 6) is 0.666. The Kier molecular flexibility index (Phi) is 10.0. The summed E-state index contributed by atoms with van der Waals surface area (Å²) in [6.07, 6.45) is 1.22. The van der Waals surface area contributed by atoms with E-state index < -0.39 is 0 Å². The molecule has 0 spiro atoms. The SMILES string of the molecule is CN(C)CCN(C(=O)CCCSc1ccc(F)cc1)c1nc2ccc(Br)cc2s1.Cl. The van der Waals surface area contributed by atoms with E-state index in [1.165, 1.54) is 12.1 Å². The Balaban J connectivity index is 0.00000320. The van der Waals surface area contributed by atoms with Gasteiger partial charge in [-0.05, 0) is 68.7 Å². The Morgan fingerprint density at radius 3 is 2.60 bits per heavy atom. The van der Waals surface area contributed by atoms with E-state index in [9.17, 15) is 9.18 Å². The first-order chi connectivity index (χ1) is 13.9. The molecule has 0 bridgehead atoms. The third kappa shape index (κ3) is 7.20.